The molecule has 4 rings (SSSR count). The van der Waals surface area contributed by atoms with E-state index >= 15 is 0 Å². The molecule has 0 unspecified atom stereocenters. The summed E-state index contributed by atoms with van der Waals surface area (Å²) >= 11 is 7.21. The Morgan fingerprint density at radius 1 is 1.26 bits per heavy atom. The minimum absolute atomic E-state index is 0.214. The number of rotatable bonds is 7. The summed E-state index contributed by atoms with van der Waals surface area (Å²) in [5.74, 6) is 0.0682. The normalized spacial score (nSPS) is 17.3. The van der Waals surface area contributed by atoms with Crippen molar-refractivity contribution in [1.29, 1.82) is 0 Å². The number of carbonyl (C=O) groups excluding carboxylic acids is 1. The maximum atomic E-state index is 13.1. The van der Waals surface area contributed by atoms with E-state index in [1.54, 1.807) is 12.1 Å². The standard InChI is InChI=1S/C22H24ClN5O5S/c1-12-5-14(15-6-18(23)25-8-17(15)30-4)16(7-24-12)19(29)26-20-27-28-21(34-20)32-10-13-9-31-11-22(2,3)33-13/h5-8,13H,9-11H2,1-4H3,(H,26,27,29)/t13-/m0/s1. The van der Waals surface area contributed by atoms with E-state index in [2.05, 4.69) is 25.5 Å². The fourth-order valence-corrected chi connectivity index (χ4v) is 4.20. The quantitative estimate of drug-likeness (QED) is 0.478. The van der Waals surface area contributed by atoms with Crippen molar-refractivity contribution in [3.63, 3.8) is 0 Å². The number of halogens is 1. The van der Waals surface area contributed by atoms with Crippen LogP contribution in [0.25, 0.3) is 11.1 Å². The first-order valence-electron chi connectivity index (χ1n) is 10.4. The molecule has 0 saturated carbocycles. The maximum Gasteiger partial charge on any atom is 0.295 e. The Morgan fingerprint density at radius 2 is 2.09 bits per heavy atom. The van der Waals surface area contributed by atoms with Crippen molar-refractivity contribution in [2.45, 2.75) is 32.5 Å². The van der Waals surface area contributed by atoms with Gasteiger partial charge in [-0.05, 0) is 44.2 Å². The van der Waals surface area contributed by atoms with Crippen LogP contribution in [-0.4, -0.2) is 64.7 Å². The molecule has 4 heterocycles. The molecule has 3 aromatic heterocycles. The lowest BCUT2D eigenvalue weighted by molar-refractivity contribution is -0.189. The molecule has 1 N–H and O–H groups in total. The molecule has 0 aromatic carbocycles. The van der Waals surface area contributed by atoms with Crippen molar-refractivity contribution in [3.8, 4) is 22.1 Å². The SMILES string of the molecule is COc1cnc(Cl)cc1-c1cc(C)ncc1C(=O)Nc1nnc(OC[C@@H]2COCC(C)(C)O2)s1. The van der Waals surface area contributed by atoms with Gasteiger partial charge in [0.05, 0.1) is 37.7 Å². The molecule has 3 aromatic rings. The van der Waals surface area contributed by atoms with E-state index in [0.717, 1.165) is 17.0 Å². The monoisotopic (exact) mass is 505 g/mol. The van der Waals surface area contributed by atoms with Gasteiger partial charge >= 0.3 is 0 Å². The van der Waals surface area contributed by atoms with E-state index in [9.17, 15) is 4.79 Å². The van der Waals surface area contributed by atoms with E-state index in [1.807, 2.05) is 20.8 Å². The van der Waals surface area contributed by atoms with Crippen LogP contribution in [0, 0.1) is 6.92 Å². The van der Waals surface area contributed by atoms with Gasteiger partial charge in [0.1, 0.15) is 23.6 Å². The number of aromatic nitrogens is 4. The van der Waals surface area contributed by atoms with Crippen molar-refractivity contribution < 1.29 is 23.7 Å². The molecule has 34 heavy (non-hydrogen) atoms. The number of pyridine rings is 2. The van der Waals surface area contributed by atoms with Crippen molar-refractivity contribution >= 4 is 34.0 Å². The second kappa shape index (κ2) is 10.2. The van der Waals surface area contributed by atoms with Gasteiger partial charge in [-0.3, -0.25) is 15.1 Å². The van der Waals surface area contributed by atoms with Gasteiger partial charge in [0.15, 0.2) is 0 Å². The molecule has 0 bridgehead atoms. The highest BCUT2D eigenvalue weighted by Gasteiger charge is 2.30. The Bertz CT molecular complexity index is 1190. The predicted molar refractivity (Wildman–Crippen MR) is 127 cm³/mol. The summed E-state index contributed by atoms with van der Waals surface area (Å²) in [7, 11) is 1.52. The van der Waals surface area contributed by atoms with E-state index < -0.39 is 5.91 Å². The van der Waals surface area contributed by atoms with Crippen LogP contribution in [0.1, 0.15) is 29.9 Å². The molecular formula is C22H24ClN5O5S. The fraction of sp³-hybridized carbons (Fsp3) is 0.409. The Kier molecular flexibility index (Phi) is 7.27. The minimum Gasteiger partial charge on any atom is -0.494 e. The molecule has 12 heteroatoms. The van der Waals surface area contributed by atoms with Crippen LogP contribution in [0.3, 0.4) is 0 Å². The van der Waals surface area contributed by atoms with Gasteiger partial charge in [0.25, 0.3) is 11.1 Å². The van der Waals surface area contributed by atoms with Crippen molar-refractivity contribution in [2.24, 2.45) is 0 Å². The predicted octanol–water partition coefficient (Wildman–Crippen LogP) is 3.79. The molecule has 0 spiro atoms. The number of carbonyl (C=O) groups is 1. The Balaban J connectivity index is 1.48. The molecule has 10 nitrogen and oxygen atoms in total. The number of aryl methyl sites for hydroxylation is 1. The molecule has 1 aliphatic rings. The zero-order chi connectivity index (χ0) is 24.3. The number of amides is 1. The molecule has 1 amide bonds. The second-order valence-electron chi connectivity index (χ2n) is 8.23. The molecule has 1 atom stereocenters. The van der Waals surface area contributed by atoms with Crippen LogP contribution in [0.5, 0.6) is 10.9 Å². The van der Waals surface area contributed by atoms with Crippen molar-refractivity contribution in [1.82, 2.24) is 20.2 Å². The molecule has 1 aliphatic heterocycles. The lowest BCUT2D eigenvalue weighted by Crippen LogP contribution is -2.45. The summed E-state index contributed by atoms with van der Waals surface area (Å²) < 4.78 is 22.6. The van der Waals surface area contributed by atoms with E-state index in [4.69, 9.17) is 30.5 Å². The Hall–Kier alpha value is -2.86. The molecule has 1 fully saturated rings. The highest BCUT2D eigenvalue weighted by atomic mass is 35.5. The molecule has 0 radical (unpaired) electrons. The summed E-state index contributed by atoms with van der Waals surface area (Å²) in [6.07, 6.45) is 2.79. The van der Waals surface area contributed by atoms with Gasteiger partial charge in [0.2, 0.25) is 5.13 Å². The number of hydrogen-bond acceptors (Lipinski definition) is 10. The van der Waals surface area contributed by atoms with Gasteiger partial charge in [-0.2, -0.15) is 0 Å². The molecule has 1 saturated heterocycles. The van der Waals surface area contributed by atoms with Crippen molar-refractivity contribution in [3.05, 3.63) is 40.9 Å². The average molecular weight is 506 g/mol. The van der Waals surface area contributed by atoms with Crippen LogP contribution in [0.2, 0.25) is 5.15 Å². The van der Waals surface area contributed by atoms with E-state index in [0.29, 0.717) is 40.8 Å². The summed E-state index contributed by atoms with van der Waals surface area (Å²) in [4.78, 5) is 21.4. The average Bonchev–Trinajstić information content (AvgIpc) is 3.24. The number of anilines is 1. The van der Waals surface area contributed by atoms with Crippen LogP contribution < -0.4 is 14.8 Å². The lowest BCUT2D eigenvalue weighted by atomic mass is 10.0. The van der Waals surface area contributed by atoms with E-state index in [1.165, 1.54) is 19.5 Å². The Morgan fingerprint density at radius 3 is 2.85 bits per heavy atom. The first-order valence-corrected chi connectivity index (χ1v) is 11.6. The molecular weight excluding hydrogens is 482 g/mol. The third kappa shape index (κ3) is 5.79. The van der Waals surface area contributed by atoms with Crippen LogP contribution in [0.4, 0.5) is 5.13 Å². The highest BCUT2D eigenvalue weighted by molar-refractivity contribution is 7.17. The van der Waals surface area contributed by atoms with Gasteiger partial charge in [-0.1, -0.05) is 16.7 Å². The van der Waals surface area contributed by atoms with Gasteiger partial charge in [-0.15, -0.1) is 5.10 Å². The van der Waals surface area contributed by atoms with Crippen LogP contribution >= 0.6 is 22.9 Å². The zero-order valence-electron chi connectivity index (χ0n) is 19.1. The largest absolute Gasteiger partial charge is 0.494 e. The number of ether oxygens (including phenoxy) is 4. The molecule has 180 valence electrons. The van der Waals surface area contributed by atoms with E-state index in [-0.39, 0.29) is 28.6 Å². The summed E-state index contributed by atoms with van der Waals surface area (Å²) in [6, 6.07) is 3.42. The van der Waals surface area contributed by atoms with Gasteiger partial charge < -0.3 is 18.9 Å². The second-order valence-corrected chi connectivity index (χ2v) is 9.56. The third-order valence-corrected chi connectivity index (χ3v) is 5.85. The van der Waals surface area contributed by atoms with Crippen LogP contribution in [-0.2, 0) is 9.47 Å². The first kappa shape index (κ1) is 24.3. The smallest absolute Gasteiger partial charge is 0.295 e. The summed E-state index contributed by atoms with van der Waals surface area (Å²) in [5.41, 5.74) is 1.90. The topological polar surface area (TPSA) is 118 Å². The van der Waals surface area contributed by atoms with Crippen molar-refractivity contribution in [2.75, 3.05) is 32.2 Å². The Labute approximate surface area is 205 Å². The zero-order valence-corrected chi connectivity index (χ0v) is 20.7. The number of hydrogen-bond donors (Lipinski definition) is 1. The summed E-state index contributed by atoms with van der Waals surface area (Å²) in [6.45, 7) is 6.99. The number of nitrogens with zero attached hydrogens (tertiary/aromatic N) is 4. The summed E-state index contributed by atoms with van der Waals surface area (Å²) in [5, 5.41) is 11.6. The minimum atomic E-state index is -0.411. The van der Waals surface area contributed by atoms with Gasteiger partial charge in [-0.25, -0.2) is 4.98 Å². The third-order valence-electron chi connectivity index (χ3n) is 4.89. The number of methoxy groups -OCH3 is 1. The van der Waals surface area contributed by atoms with Gasteiger partial charge in [0, 0.05) is 23.0 Å². The lowest BCUT2D eigenvalue weighted by Gasteiger charge is -2.35. The molecule has 0 aliphatic carbocycles. The number of nitrogens with one attached hydrogen (secondary N) is 1. The highest BCUT2D eigenvalue weighted by Crippen LogP contribution is 2.34. The fourth-order valence-electron chi connectivity index (χ4n) is 3.44. The van der Waals surface area contributed by atoms with Crippen LogP contribution in [0.15, 0.2) is 24.5 Å². The maximum absolute atomic E-state index is 13.1. The first-order chi connectivity index (χ1) is 16.2.